The molecule has 4 aromatic rings. The first kappa shape index (κ1) is 27.9. The molecule has 4 nitrogen and oxygen atoms in total. The quantitative estimate of drug-likeness (QED) is 0.243. The number of nitrogens with one attached hydrogen (secondary N) is 3. The number of rotatable bonds is 5. The van der Waals surface area contributed by atoms with Gasteiger partial charge in [0.1, 0.15) is 0 Å². The third-order valence-corrected chi connectivity index (χ3v) is 8.21. The molecular weight excluding hydrogens is 490 g/mol. The lowest BCUT2D eigenvalue weighted by Crippen LogP contribution is -2.39. The molecular formula is C36H43N3O. The van der Waals surface area contributed by atoms with E-state index in [-0.39, 0.29) is 34.9 Å². The molecule has 1 heterocycles. The Bertz CT molecular complexity index is 1400. The minimum atomic E-state index is -0.163. The van der Waals surface area contributed by atoms with Gasteiger partial charge in [-0.2, -0.15) is 0 Å². The highest BCUT2D eigenvalue weighted by Gasteiger charge is 2.33. The summed E-state index contributed by atoms with van der Waals surface area (Å²) in [7, 11) is 0. The zero-order chi connectivity index (χ0) is 28.5. The first-order valence-corrected chi connectivity index (χ1v) is 14.5. The highest BCUT2D eigenvalue weighted by molar-refractivity contribution is 6.01. The van der Waals surface area contributed by atoms with E-state index in [1.165, 1.54) is 22.3 Å². The largest absolute Gasteiger partial charge is 0.334 e. The SMILES string of the molecule is CC(C)(C)c1ccc(C(c2ccc(C(C)(C)C)cc2)C2C[C@@H](NC(=O)Nc3cccc4ccccc34)CN2)cc1. The van der Waals surface area contributed by atoms with Crippen LogP contribution in [0.2, 0.25) is 0 Å². The van der Waals surface area contributed by atoms with Gasteiger partial charge in [-0.3, -0.25) is 0 Å². The number of hydrogen-bond donors (Lipinski definition) is 3. The standard InChI is InChI=1S/C36H43N3O/c1-35(2,3)27-18-14-25(15-19-27)33(26-16-20-28(21-17-26)36(4,5)6)32-22-29(23-37-32)38-34(40)39-31-13-9-11-24-10-7-8-12-30(24)31/h7-21,29,32-33,37H,22-23H2,1-6H3,(H2,38,39,40)/t29-,32?/m1/s1. The predicted octanol–water partition coefficient (Wildman–Crippen LogP) is 8.12. The van der Waals surface area contributed by atoms with Crippen molar-refractivity contribution in [2.24, 2.45) is 0 Å². The Kier molecular flexibility index (Phi) is 7.74. The highest BCUT2D eigenvalue weighted by Crippen LogP contribution is 2.35. The zero-order valence-electron chi connectivity index (χ0n) is 24.7. The van der Waals surface area contributed by atoms with Crippen molar-refractivity contribution in [1.29, 1.82) is 0 Å². The molecule has 0 aliphatic carbocycles. The Labute approximate surface area is 239 Å². The van der Waals surface area contributed by atoms with Crippen molar-refractivity contribution in [3.05, 3.63) is 113 Å². The van der Waals surface area contributed by atoms with Crippen molar-refractivity contribution in [3.63, 3.8) is 0 Å². The van der Waals surface area contributed by atoms with Crippen molar-refractivity contribution in [2.45, 2.75) is 76.8 Å². The van der Waals surface area contributed by atoms with Crippen LogP contribution in [0.5, 0.6) is 0 Å². The summed E-state index contributed by atoms with van der Waals surface area (Å²) in [5.74, 6) is 0.191. The first-order chi connectivity index (χ1) is 19.0. The van der Waals surface area contributed by atoms with Crippen LogP contribution in [-0.4, -0.2) is 24.7 Å². The summed E-state index contributed by atoms with van der Waals surface area (Å²) in [5.41, 5.74) is 6.32. The molecule has 4 heteroatoms. The molecule has 5 rings (SSSR count). The number of carbonyl (C=O) groups is 1. The van der Waals surface area contributed by atoms with Crippen LogP contribution in [0.3, 0.4) is 0 Å². The molecule has 0 spiro atoms. The molecule has 2 amide bonds. The Morgan fingerprint density at radius 1 is 0.750 bits per heavy atom. The van der Waals surface area contributed by atoms with E-state index in [9.17, 15) is 4.79 Å². The van der Waals surface area contributed by atoms with Crippen LogP contribution in [0, 0.1) is 0 Å². The number of carbonyl (C=O) groups excluding carboxylic acids is 1. The fourth-order valence-corrected chi connectivity index (χ4v) is 5.85. The van der Waals surface area contributed by atoms with Crippen LogP contribution >= 0.6 is 0 Å². The highest BCUT2D eigenvalue weighted by atomic mass is 16.2. The van der Waals surface area contributed by atoms with Crippen LogP contribution in [-0.2, 0) is 10.8 Å². The molecule has 1 saturated heterocycles. The fourth-order valence-electron chi connectivity index (χ4n) is 5.85. The lowest BCUT2D eigenvalue weighted by Gasteiger charge is -2.27. The van der Waals surface area contributed by atoms with Crippen molar-refractivity contribution in [2.75, 3.05) is 11.9 Å². The predicted molar refractivity (Wildman–Crippen MR) is 168 cm³/mol. The summed E-state index contributed by atoms with van der Waals surface area (Å²) in [5, 5.41) is 12.2. The second-order valence-electron chi connectivity index (χ2n) is 13.3. The van der Waals surface area contributed by atoms with E-state index < -0.39 is 0 Å². The van der Waals surface area contributed by atoms with Gasteiger partial charge in [0.15, 0.2) is 0 Å². The molecule has 3 N–H and O–H groups in total. The third-order valence-electron chi connectivity index (χ3n) is 8.21. The normalized spacial score (nSPS) is 17.8. The Morgan fingerprint density at radius 3 is 1.88 bits per heavy atom. The van der Waals surface area contributed by atoms with Crippen LogP contribution in [0.1, 0.15) is 76.1 Å². The van der Waals surface area contributed by atoms with Gasteiger partial charge in [0.05, 0.1) is 5.69 Å². The second kappa shape index (κ2) is 11.1. The molecule has 2 atom stereocenters. The average Bonchev–Trinajstić information content (AvgIpc) is 3.36. The van der Waals surface area contributed by atoms with Crippen LogP contribution in [0.4, 0.5) is 10.5 Å². The van der Waals surface area contributed by atoms with E-state index in [0.29, 0.717) is 0 Å². The van der Waals surface area contributed by atoms with Gasteiger partial charge in [0.25, 0.3) is 0 Å². The third kappa shape index (κ3) is 6.23. The molecule has 1 fully saturated rings. The minimum absolute atomic E-state index is 0.0465. The summed E-state index contributed by atoms with van der Waals surface area (Å²) >= 11 is 0. The fraction of sp³-hybridized carbons (Fsp3) is 0.361. The summed E-state index contributed by atoms with van der Waals surface area (Å²) in [6, 6.07) is 32.5. The van der Waals surface area contributed by atoms with E-state index in [1.807, 2.05) is 30.3 Å². The number of anilines is 1. The lowest BCUT2D eigenvalue weighted by molar-refractivity contribution is 0.249. The van der Waals surface area contributed by atoms with E-state index in [1.54, 1.807) is 0 Å². The van der Waals surface area contributed by atoms with Gasteiger partial charge in [-0.15, -0.1) is 0 Å². The molecule has 0 aromatic heterocycles. The van der Waals surface area contributed by atoms with E-state index in [4.69, 9.17) is 0 Å². The first-order valence-electron chi connectivity index (χ1n) is 14.5. The molecule has 0 saturated carbocycles. The molecule has 0 bridgehead atoms. The number of hydrogen-bond acceptors (Lipinski definition) is 2. The van der Waals surface area contributed by atoms with Gasteiger partial charge >= 0.3 is 6.03 Å². The monoisotopic (exact) mass is 533 g/mol. The van der Waals surface area contributed by atoms with Crippen molar-refractivity contribution >= 4 is 22.5 Å². The lowest BCUT2D eigenvalue weighted by atomic mass is 9.80. The zero-order valence-corrected chi connectivity index (χ0v) is 24.7. The minimum Gasteiger partial charge on any atom is -0.334 e. The summed E-state index contributed by atoms with van der Waals surface area (Å²) in [6.07, 6.45) is 0.857. The molecule has 4 aromatic carbocycles. The summed E-state index contributed by atoms with van der Waals surface area (Å²) < 4.78 is 0. The maximum atomic E-state index is 13.0. The smallest absolute Gasteiger partial charge is 0.319 e. The van der Waals surface area contributed by atoms with Crippen molar-refractivity contribution in [1.82, 2.24) is 10.6 Å². The number of urea groups is 1. The molecule has 1 unspecified atom stereocenters. The van der Waals surface area contributed by atoms with Crippen molar-refractivity contribution in [3.8, 4) is 0 Å². The summed E-state index contributed by atoms with van der Waals surface area (Å²) in [4.78, 5) is 13.0. The number of amides is 2. The Morgan fingerprint density at radius 2 is 1.30 bits per heavy atom. The van der Waals surface area contributed by atoms with E-state index in [2.05, 4.69) is 118 Å². The maximum absolute atomic E-state index is 13.0. The molecule has 1 aliphatic rings. The second-order valence-corrected chi connectivity index (χ2v) is 13.3. The van der Waals surface area contributed by atoms with E-state index in [0.717, 1.165) is 29.4 Å². The molecule has 1 aliphatic heterocycles. The number of benzene rings is 4. The number of fused-ring (bicyclic) bond motifs is 1. The molecule has 208 valence electrons. The molecule has 0 radical (unpaired) electrons. The van der Waals surface area contributed by atoms with Gasteiger partial charge in [0.2, 0.25) is 0 Å². The Hall–Kier alpha value is -3.63. The van der Waals surface area contributed by atoms with Gasteiger partial charge in [-0.1, -0.05) is 126 Å². The average molecular weight is 534 g/mol. The van der Waals surface area contributed by atoms with Crippen LogP contribution in [0.15, 0.2) is 91.0 Å². The van der Waals surface area contributed by atoms with Crippen LogP contribution in [0.25, 0.3) is 10.8 Å². The molecule has 40 heavy (non-hydrogen) atoms. The topological polar surface area (TPSA) is 53.2 Å². The maximum Gasteiger partial charge on any atom is 0.319 e. The van der Waals surface area contributed by atoms with Crippen LogP contribution < -0.4 is 16.0 Å². The van der Waals surface area contributed by atoms with Gasteiger partial charge in [-0.25, -0.2) is 4.79 Å². The van der Waals surface area contributed by atoms with E-state index >= 15 is 0 Å². The van der Waals surface area contributed by atoms with Gasteiger partial charge < -0.3 is 16.0 Å². The van der Waals surface area contributed by atoms with Gasteiger partial charge in [0, 0.05) is 29.9 Å². The summed E-state index contributed by atoms with van der Waals surface area (Å²) in [6.45, 7) is 14.3. The van der Waals surface area contributed by atoms with Crippen molar-refractivity contribution < 1.29 is 4.79 Å². The Balaban J connectivity index is 1.34. The van der Waals surface area contributed by atoms with Gasteiger partial charge in [-0.05, 0) is 51.0 Å².